The number of rotatable bonds is 10. The number of benzene rings is 1. The second-order valence-corrected chi connectivity index (χ2v) is 6.10. The third-order valence-electron chi connectivity index (χ3n) is 3.05. The Morgan fingerprint density at radius 1 is 1.19 bits per heavy atom. The van der Waals surface area contributed by atoms with E-state index in [-0.39, 0.29) is 17.6 Å². The molecule has 0 spiro atoms. The summed E-state index contributed by atoms with van der Waals surface area (Å²) in [6.45, 7) is 2.62. The van der Waals surface area contributed by atoms with E-state index in [0.717, 1.165) is 24.2 Å². The van der Waals surface area contributed by atoms with Crippen molar-refractivity contribution in [3.05, 3.63) is 30.3 Å². The van der Waals surface area contributed by atoms with Gasteiger partial charge in [0, 0.05) is 17.9 Å². The van der Waals surface area contributed by atoms with Crippen molar-refractivity contribution in [1.29, 1.82) is 0 Å². The number of carbonyl (C=O) groups excluding carboxylic acids is 1. The number of aliphatic carboxylic acids is 1. The first-order valence-corrected chi connectivity index (χ1v) is 8.22. The highest BCUT2D eigenvalue weighted by Crippen LogP contribution is 2.25. The molecule has 1 aromatic rings. The fraction of sp³-hybridized carbons (Fsp3) is 0.500. The largest absolute Gasteiger partial charge is 0.481 e. The van der Waals surface area contributed by atoms with Gasteiger partial charge >= 0.3 is 5.97 Å². The zero-order chi connectivity index (χ0) is 15.5. The third-order valence-corrected chi connectivity index (χ3v) is 4.43. The zero-order valence-corrected chi connectivity index (χ0v) is 13.2. The standard InChI is InChI=1S/C16H23NO3S/c1-2-14(21-13-9-5-3-6-10-13)16(20)17-12-8-4-7-11-15(18)19/h3,5-6,9-10,14H,2,4,7-8,11-12H2,1H3,(H,17,20)(H,18,19). The van der Waals surface area contributed by atoms with Gasteiger partial charge in [-0.2, -0.15) is 0 Å². The maximum atomic E-state index is 12.1. The molecule has 0 saturated carbocycles. The van der Waals surface area contributed by atoms with Crippen molar-refractivity contribution in [2.24, 2.45) is 0 Å². The number of nitrogens with one attached hydrogen (secondary N) is 1. The van der Waals surface area contributed by atoms with Crippen LogP contribution in [-0.2, 0) is 9.59 Å². The topological polar surface area (TPSA) is 66.4 Å². The van der Waals surface area contributed by atoms with Gasteiger partial charge in [-0.3, -0.25) is 9.59 Å². The number of thioether (sulfide) groups is 1. The highest BCUT2D eigenvalue weighted by atomic mass is 32.2. The Balaban J connectivity index is 2.24. The number of carboxylic acids is 1. The summed E-state index contributed by atoms with van der Waals surface area (Å²) in [5.41, 5.74) is 0. The van der Waals surface area contributed by atoms with E-state index in [9.17, 15) is 9.59 Å². The summed E-state index contributed by atoms with van der Waals surface area (Å²) in [7, 11) is 0. The Morgan fingerprint density at radius 2 is 1.90 bits per heavy atom. The van der Waals surface area contributed by atoms with Crippen LogP contribution >= 0.6 is 11.8 Å². The van der Waals surface area contributed by atoms with Crippen LogP contribution in [0.25, 0.3) is 0 Å². The average Bonchev–Trinajstić information content (AvgIpc) is 2.48. The van der Waals surface area contributed by atoms with Gasteiger partial charge in [0.25, 0.3) is 0 Å². The van der Waals surface area contributed by atoms with E-state index < -0.39 is 5.97 Å². The number of carboxylic acid groups (broad SMARTS) is 1. The number of carbonyl (C=O) groups is 2. The summed E-state index contributed by atoms with van der Waals surface area (Å²) >= 11 is 1.58. The van der Waals surface area contributed by atoms with Crippen LogP contribution in [0.1, 0.15) is 39.0 Å². The first kappa shape index (κ1) is 17.6. The predicted octanol–water partition coefficient (Wildman–Crippen LogP) is 3.32. The molecule has 21 heavy (non-hydrogen) atoms. The van der Waals surface area contributed by atoms with Crippen molar-refractivity contribution in [2.45, 2.75) is 49.2 Å². The molecule has 0 aliphatic heterocycles. The summed E-state index contributed by atoms with van der Waals surface area (Å²) in [4.78, 5) is 23.6. The number of hydrogen-bond acceptors (Lipinski definition) is 3. The highest BCUT2D eigenvalue weighted by Gasteiger charge is 2.16. The second kappa shape index (κ2) is 10.3. The molecule has 0 aromatic heterocycles. The lowest BCUT2D eigenvalue weighted by molar-refractivity contribution is -0.137. The lowest BCUT2D eigenvalue weighted by atomic mass is 10.2. The van der Waals surface area contributed by atoms with Crippen LogP contribution in [0.5, 0.6) is 0 Å². The second-order valence-electron chi connectivity index (χ2n) is 4.82. The normalized spacial score (nSPS) is 11.9. The molecule has 1 aromatic carbocycles. The monoisotopic (exact) mass is 309 g/mol. The smallest absolute Gasteiger partial charge is 0.303 e. The van der Waals surface area contributed by atoms with Crippen molar-refractivity contribution in [2.75, 3.05) is 6.54 Å². The van der Waals surface area contributed by atoms with Crippen molar-refractivity contribution in [3.8, 4) is 0 Å². The molecule has 0 aliphatic rings. The van der Waals surface area contributed by atoms with Crippen molar-refractivity contribution < 1.29 is 14.7 Å². The minimum atomic E-state index is -0.760. The molecule has 0 aliphatic carbocycles. The molecule has 1 rings (SSSR count). The molecule has 116 valence electrons. The van der Waals surface area contributed by atoms with Gasteiger partial charge in [0.1, 0.15) is 0 Å². The van der Waals surface area contributed by atoms with E-state index in [4.69, 9.17) is 5.11 Å². The molecular weight excluding hydrogens is 286 g/mol. The Bertz CT molecular complexity index is 436. The summed E-state index contributed by atoms with van der Waals surface area (Å²) < 4.78 is 0. The van der Waals surface area contributed by atoms with Gasteiger partial charge in [-0.25, -0.2) is 0 Å². The predicted molar refractivity (Wildman–Crippen MR) is 85.5 cm³/mol. The maximum Gasteiger partial charge on any atom is 0.303 e. The van der Waals surface area contributed by atoms with Gasteiger partial charge in [0.15, 0.2) is 0 Å². The van der Waals surface area contributed by atoms with E-state index in [1.807, 2.05) is 37.3 Å². The van der Waals surface area contributed by atoms with E-state index in [1.54, 1.807) is 11.8 Å². The van der Waals surface area contributed by atoms with Crippen LogP contribution in [-0.4, -0.2) is 28.8 Å². The van der Waals surface area contributed by atoms with E-state index >= 15 is 0 Å². The van der Waals surface area contributed by atoms with Crippen LogP contribution in [0, 0.1) is 0 Å². The van der Waals surface area contributed by atoms with Crippen LogP contribution in [0.4, 0.5) is 0 Å². The van der Waals surface area contributed by atoms with Crippen molar-refractivity contribution >= 4 is 23.6 Å². The average molecular weight is 309 g/mol. The number of unbranched alkanes of at least 4 members (excludes halogenated alkanes) is 2. The van der Waals surface area contributed by atoms with Gasteiger partial charge in [0.2, 0.25) is 5.91 Å². The quantitative estimate of drug-likeness (QED) is 0.514. The van der Waals surface area contributed by atoms with E-state index in [0.29, 0.717) is 13.0 Å². The Kier molecular flexibility index (Phi) is 8.59. The molecule has 0 heterocycles. The molecule has 2 N–H and O–H groups in total. The first-order valence-electron chi connectivity index (χ1n) is 7.34. The highest BCUT2D eigenvalue weighted by molar-refractivity contribution is 8.00. The number of hydrogen-bond donors (Lipinski definition) is 2. The van der Waals surface area contributed by atoms with Crippen LogP contribution in [0.2, 0.25) is 0 Å². The molecule has 4 nitrogen and oxygen atoms in total. The van der Waals surface area contributed by atoms with E-state index in [2.05, 4.69) is 5.32 Å². The molecule has 0 saturated heterocycles. The SMILES string of the molecule is CCC(Sc1ccccc1)C(=O)NCCCCCC(=O)O. The Labute approximate surface area is 130 Å². The summed E-state index contributed by atoms with van der Waals surface area (Å²) in [6, 6.07) is 9.91. The fourth-order valence-electron chi connectivity index (χ4n) is 1.89. The van der Waals surface area contributed by atoms with Gasteiger partial charge < -0.3 is 10.4 Å². The molecular formula is C16H23NO3S. The minimum absolute atomic E-state index is 0.0598. The van der Waals surface area contributed by atoms with Gasteiger partial charge in [-0.1, -0.05) is 31.5 Å². The maximum absolute atomic E-state index is 12.1. The van der Waals surface area contributed by atoms with Crippen molar-refractivity contribution in [1.82, 2.24) is 5.32 Å². The summed E-state index contributed by atoms with van der Waals surface area (Å²) in [6.07, 6.45) is 3.31. The number of amides is 1. The van der Waals surface area contributed by atoms with E-state index in [1.165, 1.54) is 0 Å². The first-order chi connectivity index (χ1) is 10.1. The lowest BCUT2D eigenvalue weighted by Crippen LogP contribution is -2.33. The molecule has 1 unspecified atom stereocenters. The third kappa shape index (κ3) is 7.75. The molecule has 0 fully saturated rings. The Hall–Kier alpha value is -1.49. The van der Waals surface area contributed by atoms with Gasteiger partial charge in [-0.05, 0) is 31.4 Å². The molecule has 0 radical (unpaired) electrons. The van der Waals surface area contributed by atoms with Crippen LogP contribution in [0.15, 0.2) is 35.2 Å². The molecule has 0 bridgehead atoms. The molecule has 5 heteroatoms. The van der Waals surface area contributed by atoms with Gasteiger partial charge in [-0.15, -0.1) is 11.8 Å². The fourth-order valence-corrected chi connectivity index (χ4v) is 2.89. The summed E-state index contributed by atoms with van der Waals surface area (Å²) in [5, 5.41) is 11.4. The zero-order valence-electron chi connectivity index (χ0n) is 12.4. The molecule has 1 amide bonds. The van der Waals surface area contributed by atoms with Crippen molar-refractivity contribution in [3.63, 3.8) is 0 Å². The van der Waals surface area contributed by atoms with Crippen LogP contribution in [0.3, 0.4) is 0 Å². The Morgan fingerprint density at radius 3 is 2.52 bits per heavy atom. The van der Waals surface area contributed by atoms with Crippen LogP contribution < -0.4 is 5.32 Å². The van der Waals surface area contributed by atoms with Gasteiger partial charge in [0.05, 0.1) is 5.25 Å². The lowest BCUT2D eigenvalue weighted by Gasteiger charge is -2.14. The molecule has 1 atom stereocenters. The summed E-state index contributed by atoms with van der Waals surface area (Å²) in [5.74, 6) is -0.700. The minimum Gasteiger partial charge on any atom is -0.481 e.